The Labute approximate surface area is 95.9 Å². The third-order valence-electron chi connectivity index (χ3n) is 2.16. The summed E-state index contributed by atoms with van der Waals surface area (Å²) in [5, 5.41) is 0.273. The minimum absolute atomic E-state index is 0.273. The average Bonchev–Trinajstić information content (AvgIpc) is 2.20. The van der Waals surface area contributed by atoms with Crippen LogP contribution in [0.5, 0.6) is 0 Å². The van der Waals surface area contributed by atoms with Crippen molar-refractivity contribution >= 4 is 11.6 Å². The maximum Gasteiger partial charge on any atom is 0.135 e. The minimum atomic E-state index is -0.649. The van der Waals surface area contributed by atoms with Crippen LogP contribution in [-0.4, -0.2) is 9.97 Å². The molecule has 2 aromatic rings. The molecule has 0 aliphatic heterocycles. The van der Waals surface area contributed by atoms with Crippen LogP contribution in [0.1, 0.15) is 5.56 Å². The molecule has 82 valence electrons. The molecular weight excluding hydrogens is 234 g/mol. The van der Waals surface area contributed by atoms with Crippen LogP contribution < -0.4 is 0 Å². The van der Waals surface area contributed by atoms with E-state index in [0.29, 0.717) is 16.8 Å². The zero-order valence-corrected chi connectivity index (χ0v) is 9.09. The molecule has 0 amide bonds. The van der Waals surface area contributed by atoms with Crippen molar-refractivity contribution in [1.82, 2.24) is 9.97 Å². The number of hydrogen-bond acceptors (Lipinski definition) is 2. The monoisotopic (exact) mass is 240 g/mol. The second-order valence-corrected chi connectivity index (χ2v) is 3.65. The van der Waals surface area contributed by atoms with E-state index in [1.807, 2.05) is 0 Å². The van der Waals surface area contributed by atoms with Gasteiger partial charge in [-0.1, -0.05) is 11.6 Å². The maximum absolute atomic E-state index is 13.0. The first-order valence-corrected chi connectivity index (χ1v) is 4.89. The van der Waals surface area contributed by atoms with Crippen molar-refractivity contribution in [2.24, 2.45) is 0 Å². The van der Waals surface area contributed by atoms with E-state index in [0.717, 1.165) is 6.07 Å². The van der Waals surface area contributed by atoms with Gasteiger partial charge in [-0.15, -0.1) is 0 Å². The van der Waals surface area contributed by atoms with Crippen LogP contribution >= 0.6 is 11.6 Å². The highest BCUT2D eigenvalue weighted by Gasteiger charge is 2.09. The summed E-state index contributed by atoms with van der Waals surface area (Å²) in [4.78, 5) is 7.74. The number of nitrogens with zero attached hydrogens (tertiary/aromatic N) is 2. The second kappa shape index (κ2) is 4.14. The number of hydrogen-bond donors (Lipinski definition) is 0. The molecule has 0 bridgehead atoms. The molecule has 0 aliphatic rings. The minimum Gasteiger partial charge on any atom is -0.236 e. The van der Waals surface area contributed by atoms with E-state index in [-0.39, 0.29) is 5.15 Å². The molecule has 0 unspecified atom stereocenters. The number of benzene rings is 1. The summed E-state index contributed by atoms with van der Waals surface area (Å²) in [5.41, 5.74) is 1.37. The molecule has 0 saturated carbocycles. The van der Waals surface area contributed by atoms with E-state index in [1.165, 1.54) is 18.5 Å². The lowest BCUT2D eigenvalue weighted by atomic mass is 10.1. The second-order valence-electron chi connectivity index (χ2n) is 3.30. The summed E-state index contributed by atoms with van der Waals surface area (Å²) in [6.45, 7) is 1.69. The zero-order chi connectivity index (χ0) is 11.7. The van der Waals surface area contributed by atoms with E-state index in [2.05, 4.69) is 9.97 Å². The SMILES string of the molecule is Cc1c(Cl)ncnc1-c1cc(F)cc(F)c1. The Morgan fingerprint density at radius 3 is 2.31 bits per heavy atom. The van der Waals surface area contributed by atoms with Gasteiger partial charge < -0.3 is 0 Å². The first kappa shape index (κ1) is 11.0. The van der Waals surface area contributed by atoms with E-state index in [1.54, 1.807) is 6.92 Å². The molecule has 0 radical (unpaired) electrons. The molecule has 1 heterocycles. The fourth-order valence-electron chi connectivity index (χ4n) is 1.41. The van der Waals surface area contributed by atoms with Crippen LogP contribution in [0.25, 0.3) is 11.3 Å². The smallest absolute Gasteiger partial charge is 0.135 e. The fraction of sp³-hybridized carbons (Fsp3) is 0.0909. The molecule has 0 aliphatic carbocycles. The van der Waals surface area contributed by atoms with Gasteiger partial charge in [0.15, 0.2) is 0 Å². The predicted molar refractivity (Wildman–Crippen MR) is 57.1 cm³/mol. The Kier molecular flexibility index (Phi) is 2.83. The average molecular weight is 241 g/mol. The van der Waals surface area contributed by atoms with E-state index in [9.17, 15) is 8.78 Å². The summed E-state index contributed by atoms with van der Waals surface area (Å²) in [6.07, 6.45) is 1.26. The van der Waals surface area contributed by atoms with Gasteiger partial charge >= 0.3 is 0 Å². The van der Waals surface area contributed by atoms with Crippen molar-refractivity contribution in [3.05, 3.63) is 46.9 Å². The summed E-state index contributed by atoms with van der Waals surface area (Å²) in [7, 11) is 0. The molecular formula is C11H7ClF2N2. The fourth-order valence-corrected chi connectivity index (χ4v) is 1.54. The molecule has 16 heavy (non-hydrogen) atoms. The highest BCUT2D eigenvalue weighted by atomic mass is 35.5. The molecule has 0 spiro atoms. The molecule has 0 atom stereocenters. The molecule has 2 nitrogen and oxygen atoms in total. The highest BCUT2D eigenvalue weighted by molar-refractivity contribution is 6.30. The van der Waals surface area contributed by atoms with Gasteiger partial charge in [0.1, 0.15) is 23.1 Å². The van der Waals surface area contributed by atoms with E-state index >= 15 is 0 Å². The van der Waals surface area contributed by atoms with Gasteiger partial charge in [0.05, 0.1) is 5.69 Å². The Hall–Kier alpha value is -1.55. The van der Waals surface area contributed by atoms with Gasteiger partial charge in [0.25, 0.3) is 0 Å². The highest BCUT2D eigenvalue weighted by Crippen LogP contribution is 2.25. The topological polar surface area (TPSA) is 25.8 Å². The van der Waals surface area contributed by atoms with Crippen LogP contribution in [0.4, 0.5) is 8.78 Å². The molecule has 0 saturated heterocycles. The van der Waals surface area contributed by atoms with Crippen LogP contribution in [0.3, 0.4) is 0 Å². The van der Waals surface area contributed by atoms with Gasteiger partial charge in [-0.25, -0.2) is 18.7 Å². The van der Waals surface area contributed by atoms with E-state index < -0.39 is 11.6 Å². The first-order chi connectivity index (χ1) is 7.58. The normalized spacial score (nSPS) is 10.5. The van der Waals surface area contributed by atoms with Crippen LogP contribution in [0, 0.1) is 18.6 Å². The van der Waals surface area contributed by atoms with Gasteiger partial charge in [0, 0.05) is 17.2 Å². The summed E-state index contributed by atoms with van der Waals surface area (Å²) in [5.74, 6) is -1.30. The third-order valence-corrected chi connectivity index (χ3v) is 2.54. The van der Waals surface area contributed by atoms with Gasteiger partial charge in [-0.05, 0) is 19.1 Å². The molecule has 1 aromatic carbocycles. The summed E-state index contributed by atoms with van der Waals surface area (Å²) >= 11 is 5.80. The van der Waals surface area contributed by atoms with Crippen molar-refractivity contribution in [1.29, 1.82) is 0 Å². The lowest BCUT2D eigenvalue weighted by molar-refractivity contribution is 0.584. The van der Waals surface area contributed by atoms with Crippen molar-refractivity contribution in [3.63, 3.8) is 0 Å². The quantitative estimate of drug-likeness (QED) is 0.714. The Morgan fingerprint density at radius 1 is 1.06 bits per heavy atom. The molecule has 1 aromatic heterocycles. The number of aromatic nitrogens is 2. The van der Waals surface area contributed by atoms with Crippen molar-refractivity contribution in [2.45, 2.75) is 6.92 Å². The lowest BCUT2D eigenvalue weighted by Crippen LogP contribution is -1.93. The molecule has 0 fully saturated rings. The zero-order valence-electron chi connectivity index (χ0n) is 8.34. The molecule has 2 rings (SSSR count). The Morgan fingerprint density at radius 2 is 1.69 bits per heavy atom. The lowest BCUT2D eigenvalue weighted by Gasteiger charge is -2.05. The van der Waals surface area contributed by atoms with Gasteiger partial charge in [-0.2, -0.15) is 0 Å². The van der Waals surface area contributed by atoms with Gasteiger partial charge in [0.2, 0.25) is 0 Å². The summed E-state index contributed by atoms with van der Waals surface area (Å²) in [6, 6.07) is 3.21. The van der Waals surface area contributed by atoms with Gasteiger partial charge in [-0.3, -0.25) is 0 Å². The van der Waals surface area contributed by atoms with Crippen LogP contribution in [-0.2, 0) is 0 Å². The number of rotatable bonds is 1. The third kappa shape index (κ3) is 2.02. The molecule has 5 heteroatoms. The largest absolute Gasteiger partial charge is 0.236 e. The number of halogens is 3. The van der Waals surface area contributed by atoms with Crippen molar-refractivity contribution in [2.75, 3.05) is 0 Å². The van der Waals surface area contributed by atoms with Crippen LogP contribution in [0.2, 0.25) is 5.15 Å². The first-order valence-electron chi connectivity index (χ1n) is 4.51. The summed E-state index contributed by atoms with van der Waals surface area (Å²) < 4.78 is 26.1. The maximum atomic E-state index is 13.0. The predicted octanol–water partition coefficient (Wildman–Crippen LogP) is 3.38. The Bertz CT molecular complexity index is 523. The van der Waals surface area contributed by atoms with Crippen molar-refractivity contribution < 1.29 is 8.78 Å². The van der Waals surface area contributed by atoms with Crippen molar-refractivity contribution in [3.8, 4) is 11.3 Å². The van der Waals surface area contributed by atoms with E-state index in [4.69, 9.17) is 11.6 Å². The standard InChI is InChI=1S/C11H7ClF2N2/c1-6-10(15-5-16-11(6)12)7-2-8(13)4-9(14)3-7/h2-5H,1H3. The Balaban J connectivity index is 2.63. The molecule has 0 N–H and O–H groups in total. The van der Waals surface area contributed by atoms with Crippen LogP contribution in [0.15, 0.2) is 24.5 Å².